The first-order valence-corrected chi connectivity index (χ1v) is 7.70. The molecule has 1 atom stereocenters. The van der Waals surface area contributed by atoms with Crippen LogP contribution in [0.1, 0.15) is 56.2 Å². The van der Waals surface area contributed by atoms with Crippen molar-refractivity contribution >= 4 is 11.6 Å². The Morgan fingerprint density at radius 2 is 2.00 bits per heavy atom. The summed E-state index contributed by atoms with van der Waals surface area (Å²) in [4.78, 5) is 22.4. The van der Waals surface area contributed by atoms with E-state index in [4.69, 9.17) is 5.73 Å². The van der Waals surface area contributed by atoms with Gasteiger partial charge >= 0.3 is 0 Å². The van der Waals surface area contributed by atoms with Crippen LogP contribution in [-0.4, -0.2) is 17.4 Å². The lowest BCUT2D eigenvalue weighted by molar-refractivity contribution is -0.385. The minimum atomic E-state index is -0.398. The molecule has 1 rings (SSSR count). The highest BCUT2D eigenvalue weighted by Crippen LogP contribution is 2.23. The van der Waals surface area contributed by atoms with E-state index in [9.17, 15) is 14.9 Å². The zero-order chi connectivity index (χ0) is 16.5. The molecule has 0 aliphatic rings. The van der Waals surface area contributed by atoms with Gasteiger partial charge in [0.05, 0.1) is 11.0 Å². The van der Waals surface area contributed by atoms with Gasteiger partial charge in [0.1, 0.15) is 0 Å². The molecule has 0 heterocycles. The van der Waals surface area contributed by atoms with E-state index in [2.05, 4.69) is 5.32 Å². The molecular formula is C16H25N3O3. The second-order valence-corrected chi connectivity index (χ2v) is 5.55. The van der Waals surface area contributed by atoms with Crippen molar-refractivity contribution in [1.82, 2.24) is 5.32 Å². The summed E-state index contributed by atoms with van der Waals surface area (Å²) >= 11 is 0. The number of nitrogens with two attached hydrogens (primary N) is 1. The molecule has 122 valence electrons. The number of hydrogen-bond donors (Lipinski definition) is 2. The molecule has 6 nitrogen and oxygen atoms in total. The van der Waals surface area contributed by atoms with Gasteiger partial charge in [-0.2, -0.15) is 0 Å². The SMILES string of the molecule is Cc1ccc(C(C)NC(=O)CCCCCCN)cc1[N+](=O)[O-]. The largest absolute Gasteiger partial charge is 0.350 e. The maximum atomic E-state index is 11.9. The predicted molar refractivity (Wildman–Crippen MR) is 86.5 cm³/mol. The van der Waals surface area contributed by atoms with Crippen LogP contribution >= 0.6 is 0 Å². The number of carbonyl (C=O) groups is 1. The summed E-state index contributed by atoms with van der Waals surface area (Å²) in [5.74, 6) is -0.0246. The summed E-state index contributed by atoms with van der Waals surface area (Å²) in [5.41, 5.74) is 6.86. The smallest absolute Gasteiger partial charge is 0.272 e. The van der Waals surface area contributed by atoms with Crippen LogP contribution in [0.4, 0.5) is 5.69 Å². The number of benzene rings is 1. The first kappa shape index (κ1) is 18.1. The number of unbranched alkanes of at least 4 members (excludes halogenated alkanes) is 3. The number of nitro benzene ring substituents is 1. The van der Waals surface area contributed by atoms with Crippen LogP contribution in [0.25, 0.3) is 0 Å². The molecule has 0 aromatic heterocycles. The number of nitro groups is 1. The van der Waals surface area contributed by atoms with Crippen LogP contribution in [0.5, 0.6) is 0 Å². The van der Waals surface area contributed by atoms with Crippen molar-refractivity contribution in [3.05, 3.63) is 39.4 Å². The lowest BCUT2D eigenvalue weighted by Crippen LogP contribution is -2.26. The average Bonchev–Trinajstić information content (AvgIpc) is 2.47. The lowest BCUT2D eigenvalue weighted by atomic mass is 10.0. The van der Waals surface area contributed by atoms with Crippen LogP contribution in [0.15, 0.2) is 18.2 Å². The van der Waals surface area contributed by atoms with Gasteiger partial charge in [0, 0.05) is 18.1 Å². The summed E-state index contributed by atoms with van der Waals surface area (Å²) in [6.07, 6.45) is 4.35. The van der Waals surface area contributed by atoms with Gasteiger partial charge in [0.2, 0.25) is 5.91 Å². The fourth-order valence-electron chi connectivity index (χ4n) is 2.27. The molecule has 1 amide bonds. The second kappa shape index (κ2) is 9.15. The van der Waals surface area contributed by atoms with Crippen LogP contribution in [-0.2, 0) is 4.79 Å². The van der Waals surface area contributed by atoms with Gasteiger partial charge in [-0.25, -0.2) is 0 Å². The normalized spacial score (nSPS) is 12.0. The molecule has 1 unspecified atom stereocenters. The van der Waals surface area contributed by atoms with E-state index in [1.807, 2.05) is 13.0 Å². The summed E-state index contributed by atoms with van der Waals surface area (Å²) < 4.78 is 0. The topological polar surface area (TPSA) is 98.3 Å². The van der Waals surface area contributed by atoms with Gasteiger partial charge < -0.3 is 11.1 Å². The second-order valence-electron chi connectivity index (χ2n) is 5.55. The first-order chi connectivity index (χ1) is 10.5. The van der Waals surface area contributed by atoms with Crippen LogP contribution in [0, 0.1) is 17.0 Å². The van der Waals surface area contributed by atoms with Crippen molar-refractivity contribution in [2.75, 3.05) is 6.54 Å². The van der Waals surface area contributed by atoms with Gasteiger partial charge in [-0.05, 0) is 38.8 Å². The molecule has 0 saturated heterocycles. The summed E-state index contributed by atoms with van der Waals surface area (Å²) in [6, 6.07) is 4.81. The third-order valence-electron chi connectivity index (χ3n) is 3.67. The Balaban J connectivity index is 2.51. The van der Waals surface area contributed by atoms with E-state index in [0.29, 0.717) is 18.5 Å². The van der Waals surface area contributed by atoms with E-state index in [1.54, 1.807) is 13.0 Å². The Labute approximate surface area is 131 Å². The average molecular weight is 307 g/mol. The summed E-state index contributed by atoms with van der Waals surface area (Å²) in [7, 11) is 0. The monoisotopic (exact) mass is 307 g/mol. The zero-order valence-corrected chi connectivity index (χ0v) is 13.3. The molecule has 0 aliphatic carbocycles. The fraction of sp³-hybridized carbons (Fsp3) is 0.562. The molecule has 0 aliphatic heterocycles. The molecule has 1 aromatic carbocycles. The highest BCUT2D eigenvalue weighted by molar-refractivity contribution is 5.76. The number of nitrogens with zero attached hydrogens (tertiary/aromatic N) is 1. The highest BCUT2D eigenvalue weighted by atomic mass is 16.6. The molecule has 0 spiro atoms. The molecule has 22 heavy (non-hydrogen) atoms. The van der Waals surface area contributed by atoms with E-state index in [-0.39, 0.29) is 17.6 Å². The van der Waals surface area contributed by atoms with E-state index in [0.717, 1.165) is 31.2 Å². The third kappa shape index (κ3) is 5.81. The summed E-state index contributed by atoms with van der Waals surface area (Å²) in [6.45, 7) is 4.22. The number of rotatable bonds is 9. The number of amides is 1. The highest BCUT2D eigenvalue weighted by Gasteiger charge is 2.15. The van der Waals surface area contributed by atoms with Crippen LogP contribution in [0.3, 0.4) is 0 Å². The van der Waals surface area contributed by atoms with Gasteiger partial charge in [-0.15, -0.1) is 0 Å². The van der Waals surface area contributed by atoms with Crippen molar-refractivity contribution in [3.63, 3.8) is 0 Å². The Kier molecular flexibility index (Phi) is 7.52. The molecule has 0 bridgehead atoms. The standard InChI is InChI=1S/C16H25N3O3/c1-12-8-9-14(11-15(12)19(21)22)13(2)18-16(20)7-5-3-4-6-10-17/h8-9,11,13H,3-7,10,17H2,1-2H3,(H,18,20). The summed E-state index contributed by atoms with van der Waals surface area (Å²) in [5, 5.41) is 13.8. The predicted octanol–water partition coefficient (Wildman–Crippen LogP) is 2.99. The van der Waals surface area contributed by atoms with Crippen molar-refractivity contribution < 1.29 is 9.72 Å². The Morgan fingerprint density at radius 1 is 1.32 bits per heavy atom. The van der Waals surface area contributed by atoms with Crippen LogP contribution in [0.2, 0.25) is 0 Å². The zero-order valence-electron chi connectivity index (χ0n) is 13.3. The van der Waals surface area contributed by atoms with Gasteiger partial charge in [0.25, 0.3) is 5.69 Å². The van der Waals surface area contributed by atoms with Crippen molar-refractivity contribution in [2.45, 2.75) is 52.0 Å². The van der Waals surface area contributed by atoms with Gasteiger partial charge in [-0.3, -0.25) is 14.9 Å². The third-order valence-corrected chi connectivity index (χ3v) is 3.67. The number of carbonyl (C=O) groups excluding carboxylic acids is 1. The van der Waals surface area contributed by atoms with Crippen molar-refractivity contribution in [3.8, 4) is 0 Å². The van der Waals surface area contributed by atoms with E-state index < -0.39 is 4.92 Å². The quantitative estimate of drug-likeness (QED) is 0.416. The van der Waals surface area contributed by atoms with Gasteiger partial charge in [0.15, 0.2) is 0 Å². The molecule has 1 aromatic rings. The number of nitrogens with one attached hydrogen (secondary N) is 1. The minimum absolute atomic E-state index is 0.0246. The van der Waals surface area contributed by atoms with E-state index >= 15 is 0 Å². The first-order valence-electron chi connectivity index (χ1n) is 7.70. The molecule has 0 fully saturated rings. The Bertz CT molecular complexity index is 517. The maximum absolute atomic E-state index is 11.9. The van der Waals surface area contributed by atoms with Crippen molar-refractivity contribution in [2.24, 2.45) is 5.73 Å². The molecule has 3 N–H and O–H groups in total. The molecule has 0 saturated carbocycles. The fourth-order valence-corrected chi connectivity index (χ4v) is 2.27. The molecule has 6 heteroatoms. The van der Waals surface area contributed by atoms with Crippen LogP contribution < -0.4 is 11.1 Å². The Hall–Kier alpha value is -1.95. The number of hydrogen-bond acceptors (Lipinski definition) is 4. The van der Waals surface area contributed by atoms with Gasteiger partial charge in [-0.1, -0.05) is 25.0 Å². The lowest BCUT2D eigenvalue weighted by Gasteiger charge is -2.14. The van der Waals surface area contributed by atoms with E-state index in [1.165, 1.54) is 6.07 Å². The maximum Gasteiger partial charge on any atom is 0.272 e. The Morgan fingerprint density at radius 3 is 2.64 bits per heavy atom. The van der Waals surface area contributed by atoms with Crippen molar-refractivity contribution in [1.29, 1.82) is 0 Å². The molecular weight excluding hydrogens is 282 g/mol. The number of aryl methyl sites for hydroxylation is 1. The molecule has 0 radical (unpaired) electrons. The minimum Gasteiger partial charge on any atom is -0.350 e.